The first-order valence-electron chi connectivity index (χ1n) is 3.51. The van der Waals surface area contributed by atoms with Crippen LogP contribution in [0, 0.1) is 5.41 Å². The SMILES string of the molecule is N=C(N)c1ccc(CN)c(O)c1. The Hall–Kier alpha value is -1.55. The van der Waals surface area contributed by atoms with E-state index in [2.05, 4.69) is 0 Å². The third-order valence-corrected chi connectivity index (χ3v) is 1.62. The third-order valence-electron chi connectivity index (χ3n) is 1.62. The van der Waals surface area contributed by atoms with Crippen LogP contribution in [0.3, 0.4) is 0 Å². The quantitative estimate of drug-likeness (QED) is 0.370. The Balaban J connectivity index is 3.10. The van der Waals surface area contributed by atoms with E-state index in [0.29, 0.717) is 11.1 Å². The zero-order valence-electron chi connectivity index (χ0n) is 6.54. The molecule has 0 unspecified atom stereocenters. The number of hydrogen-bond donors (Lipinski definition) is 4. The van der Waals surface area contributed by atoms with Crippen LogP contribution in [-0.2, 0) is 6.54 Å². The lowest BCUT2D eigenvalue weighted by molar-refractivity contribution is 0.468. The number of phenolic OH excluding ortho intramolecular Hbond substituents is 1. The molecule has 0 amide bonds. The van der Waals surface area contributed by atoms with E-state index in [1.54, 1.807) is 12.1 Å². The average molecular weight is 165 g/mol. The zero-order valence-corrected chi connectivity index (χ0v) is 6.54. The fourth-order valence-corrected chi connectivity index (χ4v) is 0.904. The molecule has 0 aliphatic heterocycles. The molecule has 0 heterocycles. The highest BCUT2D eigenvalue weighted by molar-refractivity contribution is 5.95. The number of aromatic hydroxyl groups is 1. The van der Waals surface area contributed by atoms with Gasteiger partial charge in [-0.3, -0.25) is 5.41 Å². The third kappa shape index (κ3) is 1.54. The van der Waals surface area contributed by atoms with Gasteiger partial charge in [0.05, 0.1) is 0 Å². The number of rotatable bonds is 2. The van der Waals surface area contributed by atoms with E-state index in [0.717, 1.165) is 0 Å². The Morgan fingerprint density at radius 1 is 1.50 bits per heavy atom. The molecule has 0 saturated heterocycles. The number of phenols is 1. The first-order chi connectivity index (χ1) is 5.65. The minimum Gasteiger partial charge on any atom is -0.508 e. The minimum atomic E-state index is -0.0612. The fourth-order valence-electron chi connectivity index (χ4n) is 0.904. The van der Waals surface area contributed by atoms with E-state index < -0.39 is 0 Å². The van der Waals surface area contributed by atoms with Gasteiger partial charge in [-0.2, -0.15) is 0 Å². The topological polar surface area (TPSA) is 96.1 Å². The molecule has 0 aliphatic rings. The summed E-state index contributed by atoms with van der Waals surface area (Å²) >= 11 is 0. The molecule has 4 heteroatoms. The summed E-state index contributed by atoms with van der Waals surface area (Å²) in [5, 5.41) is 16.4. The van der Waals surface area contributed by atoms with Crippen LogP contribution in [0.1, 0.15) is 11.1 Å². The lowest BCUT2D eigenvalue weighted by atomic mass is 10.1. The molecule has 1 rings (SSSR count). The number of hydrogen-bond acceptors (Lipinski definition) is 3. The van der Waals surface area contributed by atoms with Crippen LogP contribution < -0.4 is 11.5 Å². The van der Waals surface area contributed by atoms with E-state index in [9.17, 15) is 5.11 Å². The van der Waals surface area contributed by atoms with E-state index in [4.69, 9.17) is 16.9 Å². The van der Waals surface area contributed by atoms with Crippen molar-refractivity contribution in [3.05, 3.63) is 29.3 Å². The second kappa shape index (κ2) is 3.23. The van der Waals surface area contributed by atoms with Crippen LogP contribution in [0.15, 0.2) is 18.2 Å². The van der Waals surface area contributed by atoms with Crippen molar-refractivity contribution in [2.45, 2.75) is 6.54 Å². The predicted octanol–water partition coefficient (Wildman–Crippen LogP) is 0.135. The second-order valence-electron chi connectivity index (χ2n) is 2.46. The lowest BCUT2D eigenvalue weighted by Crippen LogP contribution is -2.11. The first-order valence-corrected chi connectivity index (χ1v) is 3.51. The molecule has 0 fully saturated rings. The van der Waals surface area contributed by atoms with Crippen molar-refractivity contribution < 1.29 is 5.11 Å². The highest BCUT2D eigenvalue weighted by Gasteiger charge is 2.01. The molecule has 0 aromatic heterocycles. The maximum absolute atomic E-state index is 9.31. The van der Waals surface area contributed by atoms with Crippen molar-refractivity contribution in [1.29, 1.82) is 5.41 Å². The molecule has 0 radical (unpaired) electrons. The van der Waals surface area contributed by atoms with Crippen LogP contribution in [-0.4, -0.2) is 10.9 Å². The molecule has 6 N–H and O–H groups in total. The molecular weight excluding hydrogens is 154 g/mol. The number of amidine groups is 1. The van der Waals surface area contributed by atoms with E-state index >= 15 is 0 Å². The second-order valence-corrected chi connectivity index (χ2v) is 2.46. The molecule has 0 aliphatic carbocycles. The summed E-state index contributed by atoms with van der Waals surface area (Å²) in [5.41, 5.74) is 11.7. The average Bonchev–Trinajstić information content (AvgIpc) is 2.04. The number of benzene rings is 1. The van der Waals surface area contributed by atoms with Gasteiger partial charge in [-0.25, -0.2) is 0 Å². The van der Waals surface area contributed by atoms with E-state index in [-0.39, 0.29) is 18.1 Å². The van der Waals surface area contributed by atoms with Crippen molar-refractivity contribution >= 4 is 5.84 Å². The summed E-state index contributed by atoms with van der Waals surface area (Å²) in [7, 11) is 0. The Labute approximate surface area is 70.3 Å². The van der Waals surface area contributed by atoms with Crippen molar-refractivity contribution in [2.24, 2.45) is 11.5 Å². The van der Waals surface area contributed by atoms with Crippen LogP contribution in [0.2, 0.25) is 0 Å². The van der Waals surface area contributed by atoms with Gasteiger partial charge in [-0.05, 0) is 6.07 Å². The van der Waals surface area contributed by atoms with Gasteiger partial charge in [0.25, 0.3) is 0 Å². The Kier molecular flexibility index (Phi) is 2.30. The van der Waals surface area contributed by atoms with Crippen molar-refractivity contribution in [3.63, 3.8) is 0 Å². The number of nitrogens with two attached hydrogens (primary N) is 2. The summed E-state index contributed by atoms with van der Waals surface area (Å²) in [5.74, 6) is 0.0269. The van der Waals surface area contributed by atoms with Crippen LogP contribution in [0.4, 0.5) is 0 Å². The summed E-state index contributed by atoms with van der Waals surface area (Å²) in [6.07, 6.45) is 0. The smallest absolute Gasteiger partial charge is 0.122 e. The highest BCUT2D eigenvalue weighted by Crippen LogP contribution is 2.17. The fraction of sp³-hybridized carbons (Fsp3) is 0.125. The largest absolute Gasteiger partial charge is 0.508 e. The molecule has 0 atom stereocenters. The lowest BCUT2D eigenvalue weighted by Gasteiger charge is -2.03. The molecule has 0 saturated carbocycles. The monoisotopic (exact) mass is 165 g/mol. The molecular formula is C8H11N3O. The zero-order chi connectivity index (χ0) is 9.14. The standard InChI is InChI=1S/C8H11N3O/c9-4-6-2-1-5(8(10)11)3-7(6)12/h1-3,12H,4,9H2,(H3,10,11). The Bertz CT molecular complexity index is 309. The molecule has 0 spiro atoms. The Morgan fingerprint density at radius 2 is 2.17 bits per heavy atom. The van der Waals surface area contributed by atoms with Gasteiger partial charge in [0.15, 0.2) is 0 Å². The highest BCUT2D eigenvalue weighted by atomic mass is 16.3. The van der Waals surface area contributed by atoms with Gasteiger partial charge in [-0.1, -0.05) is 12.1 Å². The minimum absolute atomic E-state index is 0.0612. The number of nitrogen functional groups attached to an aromatic ring is 1. The van der Waals surface area contributed by atoms with E-state index in [1.165, 1.54) is 6.07 Å². The van der Waals surface area contributed by atoms with Gasteiger partial charge in [0.1, 0.15) is 11.6 Å². The van der Waals surface area contributed by atoms with Crippen molar-refractivity contribution in [1.82, 2.24) is 0 Å². The summed E-state index contributed by atoms with van der Waals surface area (Å²) in [6, 6.07) is 4.75. The summed E-state index contributed by atoms with van der Waals surface area (Å²) < 4.78 is 0. The van der Waals surface area contributed by atoms with Crippen LogP contribution in [0.25, 0.3) is 0 Å². The molecule has 4 nitrogen and oxygen atoms in total. The number of nitrogens with one attached hydrogen (secondary N) is 1. The van der Waals surface area contributed by atoms with Crippen LogP contribution >= 0.6 is 0 Å². The van der Waals surface area contributed by atoms with Gasteiger partial charge in [-0.15, -0.1) is 0 Å². The molecule has 12 heavy (non-hydrogen) atoms. The Morgan fingerprint density at radius 3 is 2.58 bits per heavy atom. The van der Waals surface area contributed by atoms with Gasteiger partial charge >= 0.3 is 0 Å². The van der Waals surface area contributed by atoms with Crippen molar-refractivity contribution in [3.8, 4) is 5.75 Å². The van der Waals surface area contributed by atoms with Gasteiger partial charge in [0.2, 0.25) is 0 Å². The van der Waals surface area contributed by atoms with Gasteiger partial charge in [0, 0.05) is 17.7 Å². The van der Waals surface area contributed by atoms with Crippen LogP contribution in [0.5, 0.6) is 5.75 Å². The maximum Gasteiger partial charge on any atom is 0.122 e. The van der Waals surface area contributed by atoms with E-state index in [1.807, 2.05) is 0 Å². The summed E-state index contributed by atoms with van der Waals surface area (Å²) in [4.78, 5) is 0. The van der Waals surface area contributed by atoms with Crippen molar-refractivity contribution in [2.75, 3.05) is 0 Å². The maximum atomic E-state index is 9.31. The predicted molar refractivity (Wildman–Crippen MR) is 47.0 cm³/mol. The molecule has 64 valence electrons. The van der Waals surface area contributed by atoms with Gasteiger partial charge < -0.3 is 16.6 Å². The molecule has 0 bridgehead atoms. The first kappa shape index (κ1) is 8.55. The summed E-state index contributed by atoms with van der Waals surface area (Å²) in [6.45, 7) is 0.282. The molecule has 1 aromatic rings. The normalized spacial score (nSPS) is 9.75. The molecule has 1 aromatic carbocycles.